The van der Waals surface area contributed by atoms with Gasteiger partial charge in [0.15, 0.2) is 5.76 Å². The van der Waals surface area contributed by atoms with E-state index in [0.717, 1.165) is 5.56 Å². The van der Waals surface area contributed by atoms with Gasteiger partial charge in [-0.15, -0.1) is 0 Å². The Labute approximate surface area is 203 Å². The molecule has 1 heterocycles. The first kappa shape index (κ1) is 23.8. The molecule has 8 nitrogen and oxygen atoms in total. The van der Waals surface area contributed by atoms with Crippen molar-refractivity contribution < 1.29 is 22.4 Å². The predicted molar refractivity (Wildman–Crippen MR) is 133 cm³/mol. The van der Waals surface area contributed by atoms with Crippen molar-refractivity contribution in [2.45, 2.75) is 11.4 Å². The monoisotopic (exact) mass is 489 g/mol. The molecule has 0 saturated carbocycles. The molecule has 35 heavy (non-hydrogen) atoms. The molecule has 0 radical (unpaired) electrons. The van der Waals surface area contributed by atoms with E-state index in [2.05, 4.69) is 10.6 Å². The molecule has 0 aliphatic heterocycles. The van der Waals surface area contributed by atoms with Crippen LogP contribution in [0.15, 0.2) is 107 Å². The zero-order valence-corrected chi connectivity index (χ0v) is 19.7. The Morgan fingerprint density at radius 1 is 0.857 bits per heavy atom. The number of amides is 2. The molecule has 0 aliphatic rings. The van der Waals surface area contributed by atoms with Gasteiger partial charge in [-0.25, -0.2) is 8.42 Å². The molecule has 0 spiro atoms. The minimum absolute atomic E-state index is 0.0131. The summed E-state index contributed by atoms with van der Waals surface area (Å²) in [6, 6.07) is 24.8. The van der Waals surface area contributed by atoms with E-state index in [0.29, 0.717) is 11.4 Å². The molecule has 0 saturated heterocycles. The maximum Gasteiger partial charge on any atom is 0.291 e. The molecule has 178 valence electrons. The third kappa shape index (κ3) is 5.59. The van der Waals surface area contributed by atoms with E-state index in [1.165, 1.54) is 35.8 Å². The Bertz CT molecular complexity index is 1430. The largest absolute Gasteiger partial charge is 0.459 e. The zero-order valence-electron chi connectivity index (χ0n) is 18.8. The SMILES string of the molecule is CN(c1ccccc1)S(=O)(=O)c1cccc(C(=O)NCc2cccc(NC(=O)c3ccco3)c2)c1. The summed E-state index contributed by atoms with van der Waals surface area (Å²) in [5, 5.41) is 5.52. The normalized spacial score (nSPS) is 11.0. The molecule has 4 rings (SSSR count). The molecule has 2 N–H and O–H groups in total. The van der Waals surface area contributed by atoms with E-state index in [1.54, 1.807) is 72.8 Å². The Morgan fingerprint density at radius 3 is 2.37 bits per heavy atom. The average molecular weight is 490 g/mol. The van der Waals surface area contributed by atoms with E-state index in [1.807, 2.05) is 0 Å². The van der Waals surface area contributed by atoms with Gasteiger partial charge in [-0.05, 0) is 60.2 Å². The van der Waals surface area contributed by atoms with E-state index in [9.17, 15) is 18.0 Å². The molecule has 0 atom stereocenters. The fraction of sp³-hybridized carbons (Fsp3) is 0.0769. The standard InChI is InChI=1S/C26H23N3O5S/c1-29(22-11-3-2-4-12-22)35(32,33)23-13-6-9-20(17-23)25(30)27-18-19-8-5-10-21(16-19)28-26(31)24-14-7-15-34-24/h2-17H,18H2,1H3,(H,27,30)(H,28,31). The number of hydrogen-bond acceptors (Lipinski definition) is 5. The van der Waals surface area contributed by atoms with Gasteiger partial charge in [0.2, 0.25) is 0 Å². The van der Waals surface area contributed by atoms with Crippen LogP contribution < -0.4 is 14.9 Å². The number of carbonyl (C=O) groups excluding carboxylic acids is 2. The van der Waals surface area contributed by atoms with Crippen LogP contribution in [0.3, 0.4) is 0 Å². The van der Waals surface area contributed by atoms with Gasteiger partial charge in [0.25, 0.3) is 21.8 Å². The quantitative estimate of drug-likeness (QED) is 0.384. The van der Waals surface area contributed by atoms with Gasteiger partial charge >= 0.3 is 0 Å². The summed E-state index contributed by atoms with van der Waals surface area (Å²) in [6.07, 6.45) is 1.42. The average Bonchev–Trinajstić information content (AvgIpc) is 3.43. The van der Waals surface area contributed by atoms with Crippen LogP contribution in [-0.4, -0.2) is 27.3 Å². The minimum Gasteiger partial charge on any atom is -0.459 e. The lowest BCUT2D eigenvalue weighted by molar-refractivity contribution is 0.0949. The second-order valence-electron chi connectivity index (χ2n) is 7.65. The summed E-state index contributed by atoms with van der Waals surface area (Å²) in [6.45, 7) is 0.185. The Morgan fingerprint density at radius 2 is 1.63 bits per heavy atom. The lowest BCUT2D eigenvalue weighted by Crippen LogP contribution is -2.27. The lowest BCUT2D eigenvalue weighted by atomic mass is 10.1. The molecule has 2 amide bonds. The van der Waals surface area contributed by atoms with Crippen molar-refractivity contribution in [2.75, 3.05) is 16.7 Å². The van der Waals surface area contributed by atoms with Gasteiger partial charge in [-0.3, -0.25) is 13.9 Å². The number of anilines is 2. The number of carbonyl (C=O) groups is 2. The van der Waals surface area contributed by atoms with Crippen LogP contribution >= 0.6 is 0 Å². The number of benzene rings is 3. The highest BCUT2D eigenvalue weighted by Crippen LogP contribution is 2.22. The smallest absolute Gasteiger partial charge is 0.291 e. The summed E-state index contributed by atoms with van der Waals surface area (Å²) in [4.78, 5) is 24.9. The van der Waals surface area contributed by atoms with Crippen LogP contribution in [0.2, 0.25) is 0 Å². The third-order valence-corrected chi connectivity index (χ3v) is 7.04. The van der Waals surface area contributed by atoms with Crippen LogP contribution in [0, 0.1) is 0 Å². The zero-order chi connectivity index (χ0) is 24.8. The third-order valence-electron chi connectivity index (χ3n) is 5.26. The second kappa shape index (κ2) is 10.3. The van der Waals surface area contributed by atoms with Gasteiger partial charge in [0, 0.05) is 24.8 Å². The molecular formula is C26H23N3O5S. The summed E-state index contributed by atoms with van der Waals surface area (Å²) in [5.74, 6) is -0.611. The van der Waals surface area contributed by atoms with E-state index >= 15 is 0 Å². The van der Waals surface area contributed by atoms with Crippen LogP contribution in [0.5, 0.6) is 0 Å². The molecule has 0 bridgehead atoms. The summed E-state index contributed by atoms with van der Waals surface area (Å²) in [7, 11) is -2.38. The predicted octanol–water partition coefficient (Wildman–Crippen LogP) is 4.29. The van der Waals surface area contributed by atoms with Gasteiger partial charge in [0.1, 0.15) is 0 Å². The first-order chi connectivity index (χ1) is 16.8. The summed E-state index contributed by atoms with van der Waals surface area (Å²) in [5.41, 5.74) is 2.04. The minimum atomic E-state index is -3.85. The van der Waals surface area contributed by atoms with Crippen LogP contribution in [0.25, 0.3) is 0 Å². The maximum atomic E-state index is 13.1. The molecule has 0 fully saturated rings. The van der Waals surface area contributed by atoms with Gasteiger partial charge in [-0.2, -0.15) is 0 Å². The highest BCUT2D eigenvalue weighted by molar-refractivity contribution is 7.92. The molecule has 1 aromatic heterocycles. The number of furan rings is 1. The number of hydrogen-bond donors (Lipinski definition) is 2. The highest BCUT2D eigenvalue weighted by Gasteiger charge is 2.22. The molecule has 3 aromatic carbocycles. The number of rotatable bonds is 8. The topological polar surface area (TPSA) is 109 Å². The van der Waals surface area contributed by atoms with E-state index in [-0.39, 0.29) is 28.7 Å². The van der Waals surface area contributed by atoms with Crippen molar-refractivity contribution >= 4 is 33.2 Å². The van der Waals surface area contributed by atoms with Crippen LogP contribution in [-0.2, 0) is 16.6 Å². The fourth-order valence-electron chi connectivity index (χ4n) is 3.38. The Kier molecular flexibility index (Phi) is 6.98. The fourth-order valence-corrected chi connectivity index (χ4v) is 4.62. The number of para-hydroxylation sites is 1. The first-order valence-electron chi connectivity index (χ1n) is 10.7. The van der Waals surface area contributed by atoms with Crippen molar-refractivity contribution in [3.05, 3.63) is 114 Å². The van der Waals surface area contributed by atoms with Gasteiger partial charge in [-0.1, -0.05) is 36.4 Å². The number of nitrogens with one attached hydrogen (secondary N) is 2. The number of sulfonamides is 1. The van der Waals surface area contributed by atoms with Crippen molar-refractivity contribution in [3.63, 3.8) is 0 Å². The molecular weight excluding hydrogens is 466 g/mol. The van der Waals surface area contributed by atoms with Crippen molar-refractivity contribution in [1.29, 1.82) is 0 Å². The molecule has 0 aliphatic carbocycles. The number of nitrogens with zero attached hydrogens (tertiary/aromatic N) is 1. The van der Waals surface area contributed by atoms with Crippen molar-refractivity contribution in [2.24, 2.45) is 0 Å². The highest BCUT2D eigenvalue weighted by atomic mass is 32.2. The first-order valence-corrected chi connectivity index (χ1v) is 12.1. The molecule has 0 unspecified atom stereocenters. The van der Waals surface area contributed by atoms with Crippen LogP contribution in [0.4, 0.5) is 11.4 Å². The Hall–Kier alpha value is -4.37. The van der Waals surface area contributed by atoms with Gasteiger partial charge in [0.05, 0.1) is 16.8 Å². The second-order valence-corrected chi connectivity index (χ2v) is 9.62. The van der Waals surface area contributed by atoms with Crippen molar-refractivity contribution in [1.82, 2.24) is 5.32 Å². The lowest BCUT2D eigenvalue weighted by Gasteiger charge is -2.19. The molecule has 4 aromatic rings. The summed E-state index contributed by atoms with van der Waals surface area (Å²) >= 11 is 0. The van der Waals surface area contributed by atoms with Gasteiger partial charge < -0.3 is 15.1 Å². The Balaban J connectivity index is 1.43. The maximum absolute atomic E-state index is 13.1. The van der Waals surface area contributed by atoms with Crippen molar-refractivity contribution in [3.8, 4) is 0 Å². The summed E-state index contributed by atoms with van der Waals surface area (Å²) < 4.78 is 32.4. The van der Waals surface area contributed by atoms with E-state index < -0.39 is 15.9 Å². The van der Waals surface area contributed by atoms with E-state index in [4.69, 9.17) is 4.42 Å². The van der Waals surface area contributed by atoms with Crippen LogP contribution in [0.1, 0.15) is 26.5 Å². The molecule has 9 heteroatoms.